The minimum atomic E-state index is -0.379. The number of nitrogens with one attached hydrogen (secondary N) is 1. The molecule has 0 atom stereocenters. The summed E-state index contributed by atoms with van der Waals surface area (Å²) in [6.07, 6.45) is 1.28. The first-order chi connectivity index (χ1) is 11.1. The van der Waals surface area contributed by atoms with E-state index in [2.05, 4.69) is 20.8 Å². The highest BCUT2D eigenvalue weighted by Gasteiger charge is 2.07. The lowest BCUT2D eigenvalue weighted by molar-refractivity contribution is -0.121. The quantitative estimate of drug-likeness (QED) is 0.491. The fourth-order valence-corrected chi connectivity index (χ4v) is 2.02. The second kappa shape index (κ2) is 6.14. The van der Waals surface area contributed by atoms with E-state index in [-0.39, 0.29) is 24.0 Å². The summed E-state index contributed by atoms with van der Waals surface area (Å²) in [5.74, 6) is -0.567. The molecule has 0 saturated heterocycles. The smallest absolute Gasteiger partial charge is 0.261 e. The number of phenols is 2. The molecule has 3 N–H and O–H groups in total. The maximum Gasteiger partial charge on any atom is 0.261 e. The van der Waals surface area contributed by atoms with Gasteiger partial charge in [-0.3, -0.25) is 4.79 Å². The topological polar surface area (TPSA) is 113 Å². The normalized spacial score (nSPS) is 11.1. The molecule has 0 bridgehead atoms. The molecule has 0 aliphatic carbocycles. The third kappa shape index (κ3) is 3.26. The summed E-state index contributed by atoms with van der Waals surface area (Å²) in [6.45, 7) is -0.0284. The highest BCUT2D eigenvalue weighted by atomic mass is 16.3. The van der Waals surface area contributed by atoms with E-state index < -0.39 is 0 Å². The number of aromatic nitrogens is 3. The van der Waals surface area contributed by atoms with Gasteiger partial charge in [0.15, 0.2) is 0 Å². The van der Waals surface area contributed by atoms with Crippen LogP contribution in [-0.2, 0) is 11.3 Å². The molecule has 0 unspecified atom stereocenters. The summed E-state index contributed by atoms with van der Waals surface area (Å²) in [4.78, 5) is 11.9. The van der Waals surface area contributed by atoms with Gasteiger partial charge in [-0.05, 0) is 24.3 Å². The van der Waals surface area contributed by atoms with E-state index in [9.17, 15) is 15.0 Å². The molecule has 1 heterocycles. The van der Waals surface area contributed by atoms with Crippen molar-refractivity contribution in [1.82, 2.24) is 20.4 Å². The molecule has 2 aromatic carbocycles. The van der Waals surface area contributed by atoms with Crippen LogP contribution in [0.3, 0.4) is 0 Å². The molecule has 23 heavy (non-hydrogen) atoms. The zero-order valence-corrected chi connectivity index (χ0v) is 11.9. The fraction of sp³-hybridized carbons (Fsp3) is 0.0667. The first-order valence-electron chi connectivity index (χ1n) is 6.75. The molecular formula is C15H13N5O3. The molecule has 0 aliphatic rings. The number of fused-ring (bicyclic) bond motifs is 1. The van der Waals surface area contributed by atoms with Crippen LogP contribution in [0.25, 0.3) is 11.0 Å². The van der Waals surface area contributed by atoms with Crippen LogP contribution < -0.4 is 5.43 Å². The van der Waals surface area contributed by atoms with Gasteiger partial charge in [-0.25, -0.2) is 10.1 Å². The van der Waals surface area contributed by atoms with Crippen molar-refractivity contribution in [1.29, 1.82) is 0 Å². The van der Waals surface area contributed by atoms with Crippen molar-refractivity contribution < 1.29 is 15.0 Å². The van der Waals surface area contributed by atoms with Crippen LogP contribution in [0.4, 0.5) is 0 Å². The first kappa shape index (κ1) is 14.5. The zero-order chi connectivity index (χ0) is 16.2. The number of benzene rings is 2. The minimum absolute atomic E-state index is 0.0284. The minimum Gasteiger partial charge on any atom is -0.508 e. The van der Waals surface area contributed by atoms with Crippen molar-refractivity contribution in [2.24, 2.45) is 5.10 Å². The Morgan fingerprint density at radius 2 is 2.09 bits per heavy atom. The Balaban J connectivity index is 1.64. The van der Waals surface area contributed by atoms with Gasteiger partial charge in [-0.2, -0.15) is 5.10 Å². The number of carbonyl (C=O) groups excluding carboxylic acids is 1. The third-order valence-corrected chi connectivity index (χ3v) is 3.12. The summed E-state index contributed by atoms with van der Waals surface area (Å²) in [5.41, 5.74) is 4.17. The summed E-state index contributed by atoms with van der Waals surface area (Å²) >= 11 is 0. The number of nitrogens with zero attached hydrogens (tertiary/aromatic N) is 4. The Morgan fingerprint density at radius 1 is 1.26 bits per heavy atom. The number of carbonyl (C=O) groups is 1. The van der Waals surface area contributed by atoms with E-state index in [1.54, 1.807) is 0 Å². The molecule has 0 radical (unpaired) electrons. The lowest BCUT2D eigenvalue weighted by atomic mass is 10.2. The molecule has 8 heteroatoms. The average Bonchev–Trinajstić information content (AvgIpc) is 2.93. The van der Waals surface area contributed by atoms with Gasteiger partial charge in [-0.1, -0.05) is 17.3 Å². The van der Waals surface area contributed by atoms with Crippen molar-refractivity contribution >= 4 is 23.2 Å². The van der Waals surface area contributed by atoms with E-state index in [1.807, 2.05) is 24.3 Å². The van der Waals surface area contributed by atoms with Crippen molar-refractivity contribution in [3.05, 3.63) is 48.0 Å². The summed E-state index contributed by atoms with van der Waals surface area (Å²) in [6, 6.07) is 11.4. The van der Waals surface area contributed by atoms with Crippen molar-refractivity contribution in [3.8, 4) is 11.5 Å². The first-order valence-corrected chi connectivity index (χ1v) is 6.75. The maximum atomic E-state index is 11.9. The van der Waals surface area contributed by atoms with Crippen LogP contribution in [0, 0.1) is 0 Å². The van der Waals surface area contributed by atoms with Gasteiger partial charge in [-0.15, -0.1) is 5.10 Å². The third-order valence-electron chi connectivity index (χ3n) is 3.12. The monoisotopic (exact) mass is 311 g/mol. The van der Waals surface area contributed by atoms with E-state index >= 15 is 0 Å². The number of rotatable bonds is 4. The van der Waals surface area contributed by atoms with Gasteiger partial charge in [0, 0.05) is 11.6 Å². The Hall–Kier alpha value is -3.42. The van der Waals surface area contributed by atoms with Crippen LogP contribution in [0.5, 0.6) is 11.5 Å². The number of hydrogen-bond donors (Lipinski definition) is 3. The molecular weight excluding hydrogens is 298 g/mol. The van der Waals surface area contributed by atoms with E-state index in [4.69, 9.17) is 0 Å². The van der Waals surface area contributed by atoms with Crippen molar-refractivity contribution in [3.63, 3.8) is 0 Å². The molecule has 0 aliphatic heterocycles. The molecule has 0 spiro atoms. The van der Waals surface area contributed by atoms with Crippen LogP contribution in [-0.4, -0.2) is 37.3 Å². The largest absolute Gasteiger partial charge is 0.508 e. The second-order valence-corrected chi connectivity index (χ2v) is 4.77. The Morgan fingerprint density at radius 3 is 2.91 bits per heavy atom. The van der Waals surface area contributed by atoms with Gasteiger partial charge in [0.2, 0.25) is 0 Å². The van der Waals surface area contributed by atoms with Crippen molar-refractivity contribution in [2.75, 3.05) is 0 Å². The van der Waals surface area contributed by atoms with Gasteiger partial charge >= 0.3 is 0 Å². The predicted molar refractivity (Wildman–Crippen MR) is 83.0 cm³/mol. The molecule has 3 rings (SSSR count). The molecule has 8 nitrogen and oxygen atoms in total. The number of para-hydroxylation sites is 1. The summed E-state index contributed by atoms with van der Waals surface area (Å²) < 4.78 is 1.47. The molecule has 0 saturated carbocycles. The van der Waals surface area contributed by atoms with Gasteiger partial charge < -0.3 is 10.2 Å². The number of aromatic hydroxyl groups is 2. The van der Waals surface area contributed by atoms with Crippen LogP contribution in [0.15, 0.2) is 47.6 Å². The van der Waals surface area contributed by atoms with E-state index in [0.717, 1.165) is 5.52 Å². The molecule has 1 aromatic heterocycles. The second-order valence-electron chi connectivity index (χ2n) is 4.77. The van der Waals surface area contributed by atoms with E-state index in [1.165, 1.54) is 29.1 Å². The highest BCUT2D eigenvalue weighted by molar-refractivity contribution is 5.85. The summed E-state index contributed by atoms with van der Waals surface area (Å²) in [5, 5.41) is 30.4. The lowest BCUT2D eigenvalue weighted by Gasteiger charge is -2.02. The van der Waals surface area contributed by atoms with Gasteiger partial charge in [0.1, 0.15) is 23.6 Å². The SMILES string of the molecule is O=C(Cn1nnc2ccccc21)N/N=C\c1ccc(O)cc1O. The molecule has 116 valence electrons. The standard InChI is InChI=1S/C15H13N5O3/c21-11-6-5-10(14(22)7-11)8-16-18-15(23)9-20-13-4-2-1-3-12(13)17-19-20/h1-8,21-22H,9H2,(H,18,23)/b16-8-. The van der Waals surface area contributed by atoms with Crippen LogP contribution in [0.2, 0.25) is 0 Å². The number of hydrazone groups is 1. The Labute approximate surface area is 130 Å². The molecule has 0 fully saturated rings. The Kier molecular flexibility index (Phi) is 3.88. The maximum absolute atomic E-state index is 11.9. The summed E-state index contributed by atoms with van der Waals surface area (Å²) in [7, 11) is 0. The lowest BCUT2D eigenvalue weighted by Crippen LogP contribution is -2.23. The highest BCUT2D eigenvalue weighted by Crippen LogP contribution is 2.20. The van der Waals surface area contributed by atoms with Crippen LogP contribution >= 0.6 is 0 Å². The van der Waals surface area contributed by atoms with Gasteiger partial charge in [0.25, 0.3) is 5.91 Å². The van der Waals surface area contributed by atoms with Crippen molar-refractivity contribution in [2.45, 2.75) is 6.54 Å². The Bertz CT molecular complexity index is 888. The molecule has 3 aromatic rings. The zero-order valence-electron chi connectivity index (χ0n) is 11.9. The average molecular weight is 311 g/mol. The number of phenolic OH excluding ortho intramolecular Hbond substituents is 2. The number of hydrogen-bond acceptors (Lipinski definition) is 6. The van der Waals surface area contributed by atoms with Gasteiger partial charge in [0.05, 0.1) is 11.7 Å². The van der Waals surface area contributed by atoms with Crippen LogP contribution in [0.1, 0.15) is 5.56 Å². The van der Waals surface area contributed by atoms with E-state index in [0.29, 0.717) is 11.1 Å². The fourth-order valence-electron chi connectivity index (χ4n) is 2.02. The number of amides is 1. The molecule has 1 amide bonds. The predicted octanol–water partition coefficient (Wildman–Crippen LogP) is 0.993.